The van der Waals surface area contributed by atoms with Crippen molar-refractivity contribution in [1.29, 1.82) is 0 Å². The van der Waals surface area contributed by atoms with Crippen LogP contribution in [-0.4, -0.2) is 20.4 Å². The van der Waals surface area contributed by atoms with Crippen molar-refractivity contribution in [3.8, 4) is 0 Å². The second-order valence-electron chi connectivity index (χ2n) is 3.06. The second-order valence-corrected chi connectivity index (χ2v) is 3.06. The summed E-state index contributed by atoms with van der Waals surface area (Å²) < 4.78 is 0. The summed E-state index contributed by atoms with van der Waals surface area (Å²) in [5, 5.41) is 0. The molecule has 2 heteroatoms. The van der Waals surface area contributed by atoms with Gasteiger partial charge in [-0.3, -0.25) is 4.79 Å². The number of anilines is 1. The van der Waals surface area contributed by atoms with Gasteiger partial charge in [0.25, 0.3) is 0 Å². The first-order valence-electron chi connectivity index (χ1n) is 3.88. The van der Waals surface area contributed by atoms with Crippen LogP contribution in [0.3, 0.4) is 0 Å². The third-order valence-electron chi connectivity index (χ3n) is 1.85. The third-order valence-corrected chi connectivity index (χ3v) is 1.85. The molecule has 1 aromatic rings. The number of benzene rings is 1. The van der Waals surface area contributed by atoms with Crippen molar-refractivity contribution >= 4 is 12.0 Å². The summed E-state index contributed by atoms with van der Waals surface area (Å²) >= 11 is 0. The van der Waals surface area contributed by atoms with Gasteiger partial charge in [-0.05, 0) is 18.6 Å². The van der Waals surface area contributed by atoms with Crippen LogP contribution in [0.1, 0.15) is 15.9 Å². The molecule has 64 valence electrons. The first-order chi connectivity index (χ1) is 5.65. The number of hydrogen-bond acceptors (Lipinski definition) is 2. The minimum absolute atomic E-state index is 0.726. The second kappa shape index (κ2) is 3.39. The maximum atomic E-state index is 10.5. The lowest BCUT2D eigenvalue weighted by atomic mass is 10.1. The summed E-state index contributed by atoms with van der Waals surface area (Å²) in [6.07, 6.45) is 0.867. The van der Waals surface area contributed by atoms with E-state index in [1.54, 1.807) is 0 Å². The van der Waals surface area contributed by atoms with Gasteiger partial charge < -0.3 is 4.90 Å². The lowest BCUT2D eigenvalue weighted by molar-refractivity contribution is 0.112. The number of aryl methyl sites for hydroxylation is 1. The molecule has 2 nitrogen and oxygen atoms in total. The molecule has 12 heavy (non-hydrogen) atoms. The molecule has 0 saturated heterocycles. The molecule has 0 aliphatic heterocycles. The van der Waals surface area contributed by atoms with Gasteiger partial charge in [0.1, 0.15) is 6.29 Å². The molecular weight excluding hydrogens is 150 g/mol. The molecule has 0 aromatic heterocycles. The first kappa shape index (κ1) is 8.78. The van der Waals surface area contributed by atoms with Crippen LogP contribution >= 0.6 is 0 Å². The molecule has 0 amide bonds. The van der Waals surface area contributed by atoms with Crippen molar-refractivity contribution in [3.63, 3.8) is 0 Å². The predicted molar refractivity (Wildman–Crippen MR) is 50.9 cm³/mol. The molecule has 0 saturated carbocycles. The van der Waals surface area contributed by atoms with Crippen molar-refractivity contribution in [3.05, 3.63) is 29.3 Å². The van der Waals surface area contributed by atoms with E-state index >= 15 is 0 Å². The monoisotopic (exact) mass is 163 g/mol. The zero-order valence-electron chi connectivity index (χ0n) is 7.66. The number of nitrogens with zero attached hydrogens (tertiary/aromatic N) is 1. The minimum atomic E-state index is 0.726. The highest BCUT2D eigenvalue weighted by Crippen LogP contribution is 2.18. The molecule has 0 fully saturated rings. The molecule has 0 bridgehead atoms. The van der Waals surface area contributed by atoms with E-state index in [1.165, 1.54) is 5.56 Å². The summed E-state index contributed by atoms with van der Waals surface area (Å²) in [4.78, 5) is 12.5. The van der Waals surface area contributed by atoms with E-state index in [9.17, 15) is 4.79 Å². The Bertz CT molecular complexity index is 292. The van der Waals surface area contributed by atoms with Crippen molar-refractivity contribution in [1.82, 2.24) is 0 Å². The van der Waals surface area contributed by atoms with Gasteiger partial charge in [-0.1, -0.05) is 12.1 Å². The smallest absolute Gasteiger partial charge is 0.150 e. The van der Waals surface area contributed by atoms with Crippen molar-refractivity contribution in [2.24, 2.45) is 0 Å². The summed E-state index contributed by atoms with van der Waals surface area (Å²) in [5.41, 5.74) is 3.01. The average molecular weight is 163 g/mol. The Morgan fingerprint density at radius 3 is 2.50 bits per heavy atom. The fraction of sp³-hybridized carbons (Fsp3) is 0.300. The minimum Gasteiger partial charge on any atom is -0.377 e. The molecule has 1 aromatic carbocycles. The first-order valence-corrected chi connectivity index (χ1v) is 3.88. The summed E-state index contributed by atoms with van der Waals surface area (Å²) in [6, 6.07) is 5.68. The van der Waals surface area contributed by atoms with Crippen LogP contribution in [0.5, 0.6) is 0 Å². The molecule has 0 spiro atoms. The molecular formula is C10H13NO. The third kappa shape index (κ3) is 1.64. The summed E-state index contributed by atoms with van der Waals surface area (Å²) in [7, 11) is 3.94. The standard InChI is InChI=1S/C10H13NO/c1-8-4-5-9(7-12)6-10(8)11(2)3/h4-7H,1-3H3. The van der Waals surface area contributed by atoms with Crippen molar-refractivity contribution < 1.29 is 4.79 Å². The number of rotatable bonds is 2. The number of aldehydes is 1. The highest BCUT2D eigenvalue weighted by molar-refractivity contribution is 5.77. The quantitative estimate of drug-likeness (QED) is 0.620. The number of carbonyl (C=O) groups is 1. The Morgan fingerprint density at radius 1 is 1.33 bits per heavy atom. The number of hydrogen-bond donors (Lipinski definition) is 0. The van der Waals surface area contributed by atoms with Gasteiger partial charge in [-0.25, -0.2) is 0 Å². The van der Waals surface area contributed by atoms with Crippen LogP contribution in [-0.2, 0) is 0 Å². The Hall–Kier alpha value is -1.31. The average Bonchev–Trinajstić information content (AvgIpc) is 2.05. The Kier molecular flexibility index (Phi) is 2.48. The SMILES string of the molecule is Cc1ccc(C=O)cc1N(C)C. The molecule has 0 unspecified atom stereocenters. The molecule has 0 heterocycles. The van der Waals surface area contributed by atoms with Crippen molar-refractivity contribution in [2.45, 2.75) is 6.92 Å². The van der Waals surface area contributed by atoms with Gasteiger partial charge in [-0.15, -0.1) is 0 Å². The largest absolute Gasteiger partial charge is 0.377 e. The Labute approximate surface area is 72.8 Å². The maximum absolute atomic E-state index is 10.5. The Balaban J connectivity index is 3.16. The van der Waals surface area contributed by atoms with Gasteiger partial charge in [0.05, 0.1) is 0 Å². The molecule has 1 rings (SSSR count). The van der Waals surface area contributed by atoms with Gasteiger partial charge >= 0.3 is 0 Å². The zero-order chi connectivity index (χ0) is 9.14. The van der Waals surface area contributed by atoms with Gasteiger partial charge in [-0.2, -0.15) is 0 Å². The van der Waals surface area contributed by atoms with Gasteiger partial charge in [0, 0.05) is 25.3 Å². The van der Waals surface area contributed by atoms with E-state index in [4.69, 9.17) is 0 Å². The lowest BCUT2D eigenvalue weighted by Gasteiger charge is -2.15. The van der Waals surface area contributed by atoms with Crippen LogP contribution in [0, 0.1) is 6.92 Å². The topological polar surface area (TPSA) is 20.3 Å². The fourth-order valence-corrected chi connectivity index (χ4v) is 1.18. The van der Waals surface area contributed by atoms with E-state index < -0.39 is 0 Å². The van der Waals surface area contributed by atoms with Crippen LogP contribution in [0.15, 0.2) is 18.2 Å². The van der Waals surface area contributed by atoms with Crippen molar-refractivity contribution in [2.75, 3.05) is 19.0 Å². The zero-order valence-corrected chi connectivity index (χ0v) is 7.66. The highest BCUT2D eigenvalue weighted by atomic mass is 16.1. The Morgan fingerprint density at radius 2 is 2.00 bits per heavy atom. The summed E-state index contributed by atoms with van der Waals surface area (Å²) in [5.74, 6) is 0. The molecule has 0 atom stereocenters. The fourth-order valence-electron chi connectivity index (χ4n) is 1.18. The molecule has 0 N–H and O–H groups in total. The van der Waals surface area contributed by atoms with Crippen LogP contribution < -0.4 is 4.90 Å². The van der Waals surface area contributed by atoms with Crippen LogP contribution in [0.25, 0.3) is 0 Å². The molecule has 0 aliphatic carbocycles. The van der Waals surface area contributed by atoms with Gasteiger partial charge in [0.2, 0.25) is 0 Å². The summed E-state index contributed by atoms with van der Waals surface area (Å²) in [6.45, 7) is 2.03. The van der Waals surface area contributed by atoms with Crippen LogP contribution in [0.4, 0.5) is 5.69 Å². The van der Waals surface area contributed by atoms with E-state index in [0.717, 1.165) is 17.5 Å². The van der Waals surface area contributed by atoms with E-state index in [1.807, 2.05) is 44.1 Å². The highest BCUT2D eigenvalue weighted by Gasteiger charge is 2.00. The van der Waals surface area contributed by atoms with Gasteiger partial charge in [0.15, 0.2) is 0 Å². The normalized spacial score (nSPS) is 9.58. The molecule has 0 radical (unpaired) electrons. The lowest BCUT2D eigenvalue weighted by Crippen LogP contribution is -2.10. The van der Waals surface area contributed by atoms with E-state index in [2.05, 4.69) is 0 Å². The van der Waals surface area contributed by atoms with E-state index in [-0.39, 0.29) is 0 Å². The maximum Gasteiger partial charge on any atom is 0.150 e. The van der Waals surface area contributed by atoms with E-state index in [0.29, 0.717) is 0 Å². The molecule has 0 aliphatic rings. The van der Waals surface area contributed by atoms with Crippen LogP contribution in [0.2, 0.25) is 0 Å². The number of carbonyl (C=O) groups excluding carboxylic acids is 1. The predicted octanol–water partition coefficient (Wildman–Crippen LogP) is 1.87.